The van der Waals surface area contributed by atoms with Gasteiger partial charge in [0.05, 0.1) is 12.2 Å². The Hall–Kier alpha value is -1.07. The summed E-state index contributed by atoms with van der Waals surface area (Å²) in [4.78, 5) is 0. The summed E-state index contributed by atoms with van der Waals surface area (Å²) in [5, 5.41) is 4.18. The first-order valence-corrected chi connectivity index (χ1v) is 4.03. The van der Waals surface area contributed by atoms with Gasteiger partial charge in [-0.15, -0.1) is 0 Å². The van der Waals surface area contributed by atoms with Crippen LogP contribution in [0, 0.1) is 6.92 Å². The van der Waals surface area contributed by atoms with E-state index in [1.165, 1.54) is 0 Å². The molecular weight excluding hydrogens is 170 g/mol. The number of methoxy groups -OCH3 is 2. The second-order valence-electron chi connectivity index (χ2n) is 2.79. The summed E-state index contributed by atoms with van der Waals surface area (Å²) >= 11 is 0. The topological polar surface area (TPSA) is 62.3 Å². The molecule has 1 aromatic rings. The molecule has 1 aromatic heterocycles. The summed E-state index contributed by atoms with van der Waals surface area (Å²) < 4.78 is 11.7. The molecule has 2 N–H and O–H groups in total. The molecule has 0 amide bonds. The molecule has 0 unspecified atom stereocenters. The Morgan fingerprint density at radius 2 is 2.15 bits per heavy atom. The molecule has 0 aromatic carbocycles. The van der Waals surface area contributed by atoms with Gasteiger partial charge < -0.3 is 15.2 Å². The van der Waals surface area contributed by atoms with Crippen molar-refractivity contribution in [1.29, 1.82) is 0 Å². The molecule has 0 bridgehead atoms. The first-order valence-electron chi connectivity index (χ1n) is 4.03. The average molecular weight is 185 g/mol. The Kier molecular flexibility index (Phi) is 3.27. The Bertz CT molecular complexity index is 268. The van der Waals surface area contributed by atoms with E-state index in [1.807, 2.05) is 13.0 Å². The Balaban J connectivity index is 2.67. The first kappa shape index (κ1) is 10.0. The number of hydrogen-bond donors (Lipinski definition) is 1. The second-order valence-corrected chi connectivity index (χ2v) is 2.79. The van der Waals surface area contributed by atoms with Crippen LogP contribution in [0.3, 0.4) is 0 Å². The van der Waals surface area contributed by atoms with Crippen LogP contribution in [0.25, 0.3) is 0 Å². The zero-order valence-electron chi connectivity index (χ0n) is 8.15. The van der Waals surface area contributed by atoms with E-state index in [1.54, 1.807) is 18.9 Å². The number of nitrogens with zero attached hydrogens (tertiary/aromatic N) is 2. The van der Waals surface area contributed by atoms with Gasteiger partial charge in [0.2, 0.25) is 0 Å². The van der Waals surface area contributed by atoms with Crippen molar-refractivity contribution in [3.05, 3.63) is 11.8 Å². The molecule has 0 radical (unpaired) electrons. The van der Waals surface area contributed by atoms with E-state index in [-0.39, 0.29) is 6.29 Å². The highest BCUT2D eigenvalue weighted by atomic mass is 16.7. The van der Waals surface area contributed by atoms with Gasteiger partial charge in [0.25, 0.3) is 0 Å². The average Bonchev–Trinajstić information content (AvgIpc) is 2.41. The minimum atomic E-state index is -0.304. The summed E-state index contributed by atoms with van der Waals surface area (Å²) in [7, 11) is 3.17. The third-order valence-electron chi connectivity index (χ3n) is 1.78. The van der Waals surface area contributed by atoms with Gasteiger partial charge in [-0.25, -0.2) is 4.68 Å². The van der Waals surface area contributed by atoms with Crippen LogP contribution in [-0.2, 0) is 16.0 Å². The summed E-state index contributed by atoms with van der Waals surface area (Å²) in [5.41, 5.74) is 6.58. The monoisotopic (exact) mass is 185 g/mol. The number of hydrogen-bond acceptors (Lipinski definition) is 4. The van der Waals surface area contributed by atoms with Crippen molar-refractivity contribution >= 4 is 5.82 Å². The lowest BCUT2D eigenvalue weighted by Crippen LogP contribution is -2.22. The molecule has 0 fully saturated rings. The van der Waals surface area contributed by atoms with Crippen molar-refractivity contribution in [2.75, 3.05) is 20.0 Å². The van der Waals surface area contributed by atoms with E-state index < -0.39 is 0 Å². The van der Waals surface area contributed by atoms with E-state index in [2.05, 4.69) is 5.10 Å². The highest BCUT2D eigenvalue weighted by Gasteiger charge is 2.09. The SMILES string of the molecule is COC(Cn1nc(C)cc1N)OC. The van der Waals surface area contributed by atoms with Crippen molar-refractivity contribution in [3.63, 3.8) is 0 Å². The maximum atomic E-state index is 5.69. The lowest BCUT2D eigenvalue weighted by atomic mass is 10.5. The zero-order chi connectivity index (χ0) is 9.84. The van der Waals surface area contributed by atoms with Gasteiger partial charge in [-0.1, -0.05) is 0 Å². The largest absolute Gasteiger partial charge is 0.384 e. The highest BCUT2D eigenvalue weighted by molar-refractivity contribution is 5.30. The van der Waals surface area contributed by atoms with Crippen LogP contribution in [0.4, 0.5) is 5.82 Å². The van der Waals surface area contributed by atoms with Crippen molar-refractivity contribution in [3.8, 4) is 0 Å². The van der Waals surface area contributed by atoms with E-state index >= 15 is 0 Å². The van der Waals surface area contributed by atoms with Gasteiger partial charge in [0, 0.05) is 20.3 Å². The van der Waals surface area contributed by atoms with Gasteiger partial charge in [-0.05, 0) is 6.92 Å². The lowest BCUT2D eigenvalue weighted by Gasteiger charge is -2.13. The number of nitrogen functional groups attached to an aromatic ring is 1. The summed E-state index contributed by atoms with van der Waals surface area (Å²) in [5.74, 6) is 0.622. The molecule has 1 rings (SSSR count). The normalized spacial score (nSPS) is 11.1. The summed E-state index contributed by atoms with van der Waals surface area (Å²) in [6.45, 7) is 2.40. The molecule has 0 aliphatic carbocycles. The van der Waals surface area contributed by atoms with Crippen LogP contribution in [0.5, 0.6) is 0 Å². The third-order valence-corrected chi connectivity index (χ3v) is 1.78. The van der Waals surface area contributed by atoms with Gasteiger partial charge in [-0.3, -0.25) is 0 Å². The van der Waals surface area contributed by atoms with E-state index in [0.717, 1.165) is 5.69 Å². The minimum absolute atomic E-state index is 0.304. The van der Waals surface area contributed by atoms with Gasteiger partial charge in [0.15, 0.2) is 6.29 Å². The molecule has 0 atom stereocenters. The number of aryl methyl sites for hydroxylation is 1. The fourth-order valence-electron chi connectivity index (χ4n) is 1.10. The van der Waals surface area contributed by atoms with Crippen molar-refractivity contribution in [1.82, 2.24) is 9.78 Å². The van der Waals surface area contributed by atoms with Crippen LogP contribution >= 0.6 is 0 Å². The molecule has 5 heteroatoms. The molecule has 0 spiro atoms. The van der Waals surface area contributed by atoms with Gasteiger partial charge in [0.1, 0.15) is 5.82 Å². The maximum Gasteiger partial charge on any atom is 0.176 e. The van der Waals surface area contributed by atoms with Crippen molar-refractivity contribution < 1.29 is 9.47 Å². The quantitative estimate of drug-likeness (QED) is 0.689. The molecule has 0 saturated carbocycles. The predicted molar refractivity (Wildman–Crippen MR) is 49.2 cm³/mol. The Labute approximate surface area is 77.4 Å². The number of anilines is 1. The van der Waals surface area contributed by atoms with Gasteiger partial charge >= 0.3 is 0 Å². The minimum Gasteiger partial charge on any atom is -0.384 e. The second kappa shape index (κ2) is 4.25. The molecule has 1 heterocycles. The Morgan fingerprint density at radius 1 is 1.54 bits per heavy atom. The zero-order valence-corrected chi connectivity index (χ0v) is 8.15. The van der Waals surface area contributed by atoms with Crippen LogP contribution in [-0.4, -0.2) is 30.3 Å². The molecular formula is C8H15N3O2. The summed E-state index contributed by atoms with van der Waals surface area (Å²) in [6, 6.07) is 1.81. The van der Waals surface area contributed by atoms with Crippen LogP contribution in [0.2, 0.25) is 0 Å². The number of ether oxygens (including phenoxy) is 2. The fourth-order valence-corrected chi connectivity index (χ4v) is 1.10. The maximum absolute atomic E-state index is 5.69. The lowest BCUT2D eigenvalue weighted by molar-refractivity contribution is -0.112. The number of rotatable bonds is 4. The molecule has 0 aliphatic heterocycles. The standard InChI is InChI=1S/C8H15N3O2/c1-6-4-7(9)11(10-6)5-8(12-2)13-3/h4,8H,5,9H2,1-3H3. The summed E-state index contributed by atoms with van der Waals surface area (Å²) in [6.07, 6.45) is -0.304. The first-order chi connectivity index (χ1) is 6.17. The van der Waals surface area contributed by atoms with Gasteiger partial charge in [-0.2, -0.15) is 5.10 Å². The molecule has 74 valence electrons. The predicted octanol–water partition coefficient (Wildman–Crippen LogP) is 0.393. The number of nitrogens with two attached hydrogens (primary N) is 1. The van der Waals surface area contributed by atoms with Crippen molar-refractivity contribution in [2.45, 2.75) is 19.8 Å². The van der Waals surface area contributed by atoms with E-state index in [9.17, 15) is 0 Å². The van der Waals surface area contributed by atoms with E-state index in [0.29, 0.717) is 12.4 Å². The van der Waals surface area contributed by atoms with Crippen LogP contribution < -0.4 is 5.73 Å². The molecule has 0 saturated heterocycles. The third kappa shape index (κ3) is 2.43. The van der Waals surface area contributed by atoms with Crippen LogP contribution in [0.15, 0.2) is 6.07 Å². The Morgan fingerprint density at radius 3 is 2.54 bits per heavy atom. The smallest absolute Gasteiger partial charge is 0.176 e. The molecule has 13 heavy (non-hydrogen) atoms. The highest BCUT2D eigenvalue weighted by Crippen LogP contribution is 2.07. The molecule has 5 nitrogen and oxygen atoms in total. The fraction of sp³-hybridized carbons (Fsp3) is 0.625. The molecule has 0 aliphatic rings. The van der Waals surface area contributed by atoms with Crippen molar-refractivity contribution in [2.24, 2.45) is 0 Å². The van der Waals surface area contributed by atoms with E-state index in [4.69, 9.17) is 15.2 Å². The van der Waals surface area contributed by atoms with Crippen LogP contribution in [0.1, 0.15) is 5.69 Å². The number of aromatic nitrogens is 2.